The third kappa shape index (κ3) is 5.00. The zero-order chi connectivity index (χ0) is 18.5. The second-order valence-corrected chi connectivity index (χ2v) is 7.10. The van der Waals surface area contributed by atoms with Gasteiger partial charge in [0.05, 0.1) is 11.8 Å². The molecule has 3 rings (SSSR count). The molecule has 6 nitrogen and oxygen atoms in total. The topological polar surface area (TPSA) is 65.8 Å². The van der Waals surface area contributed by atoms with Gasteiger partial charge in [0.15, 0.2) is 5.11 Å². The van der Waals surface area contributed by atoms with Crippen molar-refractivity contribution < 1.29 is 13.5 Å². The van der Waals surface area contributed by atoms with E-state index in [9.17, 15) is 8.78 Å². The van der Waals surface area contributed by atoms with Crippen LogP contribution >= 0.6 is 12.2 Å². The number of rotatable bonds is 6. The first-order valence-corrected chi connectivity index (χ1v) is 9.29. The zero-order valence-electron chi connectivity index (χ0n) is 14.6. The lowest BCUT2D eigenvalue weighted by Crippen LogP contribution is -2.48. The largest absolute Gasteiger partial charge is 0.377 e. The Morgan fingerprint density at radius 1 is 1.23 bits per heavy atom. The van der Waals surface area contributed by atoms with Gasteiger partial charge >= 0.3 is 0 Å². The van der Waals surface area contributed by atoms with Crippen LogP contribution in [0.1, 0.15) is 18.4 Å². The van der Waals surface area contributed by atoms with E-state index in [1.165, 1.54) is 12.1 Å². The molecule has 2 heterocycles. The van der Waals surface area contributed by atoms with Crippen LogP contribution in [-0.4, -0.2) is 55.4 Å². The molecule has 0 bridgehead atoms. The number of anilines is 1. The third-order valence-corrected chi connectivity index (χ3v) is 4.91. The van der Waals surface area contributed by atoms with Crippen molar-refractivity contribution in [1.82, 2.24) is 15.8 Å². The maximum atomic E-state index is 14.5. The molecule has 1 unspecified atom stereocenters. The van der Waals surface area contributed by atoms with Crippen LogP contribution in [0.25, 0.3) is 0 Å². The van der Waals surface area contributed by atoms with Gasteiger partial charge in [-0.15, -0.1) is 0 Å². The Kier molecular flexibility index (Phi) is 6.58. The molecule has 0 spiro atoms. The van der Waals surface area contributed by atoms with Gasteiger partial charge in [-0.25, -0.2) is 14.2 Å². The Hall–Kier alpha value is -1.55. The molecule has 4 N–H and O–H groups in total. The quantitative estimate of drug-likeness (QED) is 0.501. The molecule has 144 valence electrons. The molecule has 1 aromatic carbocycles. The third-order valence-electron chi connectivity index (χ3n) is 4.81. The van der Waals surface area contributed by atoms with Crippen LogP contribution in [0.5, 0.6) is 0 Å². The van der Waals surface area contributed by atoms with Crippen molar-refractivity contribution in [3.63, 3.8) is 0 Å². The molecular formula is C17H25F2N5OS. The second-order valence-electron chi connectivity index (χ2n) is 6.66. The fraction of sp³-hybridized carbons (Fsp3) is 0.588. The average Bonchev–Trinajstić information content (AvgIpc) is 3.11. The number of halogens is 2. The molecule has 1 aromatic rings. The molecule has 26 heavy (non-hydrogen) atoms. The highest BCUT2D eigenvalue weighted by molar-refractivity contribution is 7.80. The summed E-state index contributed by atoms with van der Waals surface area (Å²) in [5.74, 6) is -0.883. The minimum Gasteiger partial charge on any atom is -0.377 e. The van der Waals surface area contributed by atoms with E-state index >= 15 is 0 Å². The molecule has 1 atom stereocenters. The van der Waals surface area contributed by atoms with Gasteiger partial charge in [-0.05, 0) is 31.1 Å². The number of nitrogens with one attached hydrogen (secondary N) is 2. The molecule has 2 aliphatic rings. The number of benzene rings is 1. The van der Waals surface area contributed by atoms with Crippen molar-refractivity contribution in [1.29, 1.82) is 0 Å². The van der Waals surface area contributed by atoms with E-state index in [1.807, 2.05) is 4.90 Å². The van der Waals surface area contributed by atoms with Gasteiger partial charge in [-0.2, -0.15) is 0 Å². The lowest BCUT2D eigenvalue weighted by molar-refractivity contribution is 0.0712. The number of hydrogen-bond donors (Lipinski definition) is 3. The number of piperazine rings is 1. The number of nitrogens with two attached hydrogens (primary N) is 1. The van der Waals surface area contributed by atoms with Crippen molar-refractivity contribution in [2.75, 3.05) is 44.2 Å². The van der Waals surface area contributed by atoms with Crippen molar-refractivity contribution in [2.24, 2.45) is 5.73 Å². The first kappa shape index (κ1) is 19.2. The standard InChI is InChI=1S/C17H25F2N5OS/c18-14-9-16(15(19)8-12(14)10-21-22-17(20)26)24-5-3-23(4-6-24)11-13-2-1-7-25-13/h8-9,13,21H,1-7,10-11H2,(H3,20,22,26). The van der Waals surface area contributed by atoms with Gasteiger partial charge in [0, 0.05) is 57.5 Å². The summed E-state index contributed by atoms with van der Waals surface area (Å²) < 4.78 is 34.5. The van der Waals surface area contributed by atoms with E-state index < -0.39 is 11.6 Å². The Balaban J connectivity index is 1.55. The van der Waals surface area contributed by atoms with Crippen molar-refractivity contribution in [2.45, 2.75) is 25.5 Å². The van der Waals surface area contributed by atoms with E-state index in [4.69, 9.17) is 10.5 Å². The molecule has 2 aliphatic heterocycles. The summed E-state index contributed by atoms with van der Waals surface area (Å²) in [4.78, 5) is 4.23. The average molecular weight is 385 g/mol. The van der Waals surface area contributed by atoms with Crippen LogP contribution in [0.2, 0.25) is 0 Å². The molecule has 0 aromatic heterocycles. The number of nitrogens with zero attached hydrogens (tertiary/aromatic N) is 2. The molecule has 2 saturated heterocycles. The van der Waals surface area contributed by atoms with E-state index in [0.717, 1.165) is 39.1 Å². The summed E-state index contributed by atoms with van der Waals surface area (Å²) in [7, 11) is 0. The SMILES string of the molecule is NC(=S)NNCc1cc(F)c(N2CCN(CC3CCCO3)CC2)cc1F. The van der Waals surface area contributed by atoms with Gasteiger partial charge in [0.2, 0.25) is 0 Å². The maximum absolute atomic E-state index is 14.5. The minimum absolute atomic E-state index is 0.0448. The molecule has 9 heteroatoms. The first-order chi connectivity index (χ1) is 12.5. The monoisotopic (exact) mass is 385 g/mol. The van der Waals surface area contributed by atoms with E-state index in [2.05, 4.69) is 28.0 Å². The smallest absolute Gasteiger partial charge is 0.178 e. The number of ether oxygens (including phenoxy) is 1. The summed E-state index contributed by atoms with van der Waals surface area (Å²) in [5.41, 5.74) is 11.0. The highest BCUT2D eigenvalue weighted by Gasteiger charge is 2.24. The van der Waals surface area contributed by atoms with Crippen LogP contribution in [-0.2, 0) is 11.3 Å². The summed E-state index contributed by atoms with van der Waals surface area (Å²) in [5, 5.41) is 0.0448. The van der Waals surface area contributed by atoms with Crippen LogP contribution < -0.4 is 21.5 Å². The van der Waals surface area contributed by atoms with Crippen molar-refractivity contribution in [3.05, 3.63) is 29.3 Å². The second kappa shape index (κ2) is 8.90. The van der Waals surface area contributed by atoms with Crippen molar-refractivity contribution in [3.8, 4) is 0 Å². The van der Waals surface area contributed by atoms with Gasteiger partial charge in [0.1, 0.15) is 11.6 Å². The molecule has 0 amide bonds. The summed E-state index contributed by atoms with van der Waals surface area (Å²) >= 11 is 4.65. The van der Waals surface area contributed by atoms with Crippen molar-refractivity contribution >= 4 is 23.0 Å². The van der Waals surface area contributed by atoms with E-state index in [0.29, 0.717) is 24.9 Å². The van der Waals surface area contributed by atoms with E-state index in [-0.39, 0.29) is 17.2 Å². The number of thiocarbonyl (C=S) groups is 1. The first-order valence-electron chi connectivity index (χ1n) is 8.88. The van der Waals surface area contributed by atoms with Crippen LogP contribution in [0.4, 0.5) is 14.5 Å². The number of hydrogen-bond acceptors (Lipinski definition) is 5. The predicted molar refractivity (Wildman–Crippen MR) is 101 cm³/mol. The molecule has 0 saturated carbocycles. The molecule has 2 fully saturated rings. The van der Waals surface area contributed by atoms with Gasteiger partial charge in [-0.3, -0.25) is 10.3 Å². The zero-order valence-corrected chi connectivity index (χ0v) is 15.5. The predicted octanol–water partition coefficient (Wildman–Crippen LogP) is 1.10. The molecular weight excluding hydrogens is 360 g/mol. The van der Waals surface area contributed by atoms with Gasteiger partial charge in [0.25, 0.3) is 0 Å². The van der Waals surface area contributed by atoms with Gasteiger partial charge < -0.3 is 15.4 Å². The maximum Gasteiger partial charge on any atom is 0.178 e. The highest BCUT2D eigenvalue weighted by Crippen LogP contribution is 2.25. The van der Waals surface area contributed by atoms with Crippen LogP contribution in [0.3, 0.4) is 0 Å². The molecule has 0 aliphatic carbocycles. The lowest BCUT2D eigenvalue weighted by atomic mass is 10.1. The Bertz CT molecular complexity index is 634. The fourth-order valence-corrected chi connectivity index (χ4v) is 3.50. The minimum atomic E-state index is -0.458. The highest BCUT2D eigenvalue weighted by atomic mass is 32.1. The summed E-state index contributed by atoms with van der Waals surface area (Å²) in [6.45, 7) is 4.83. The molecule has 0 radical (unpaired) electrons. The number of hydrazine groups is 1. The Morgan fingerprint density at radius 3 is 2.65 bits per heavy atom. The lowest BCUT2D eigenvalue weighted by Gasteiger charge is -2.37. The fourth-order valence-electron chi connectivity index (χ4n) is 3.43. The van der Waals surface area contributed by atoms with E-state index in [1.54, 1.807) is 0 Å². The Morgan fingerprint density at radius 2 is 2.00 bits per heavy atom. The summed E-state index contributed by atoms with van der Waals surface area (Å²) in [6.07, 6.45) is 2.56. The summed E-state index contributed by atoms with van der Waals surface area (Å²) in [6, 6.07) is 2.49. The van der Waals surface area contributed by atoms with Gasteiger partial charge in [-0.1, -0.05) is 0 Å². The normalized spacial score (nSPS) is 21.2. The van der Waals surface area contributed by atoms with Crippen LogP contribution in [0.15, 0.2) is 12.1 Å². The Labute approximate surface area is 157 Å². The van der Waals surface area contributed by atoms with Crippen LogP contribution in [0, 0.1) is 11.6 Å².